The van der Waals surface area contributed by atoms with Crippen LogP contribution in [0.25, 0.3) is 10.6 Å². The number of aromatic nitrogens is 1. The molecule has 0 spiro atoms. The second-order valence-electron chi connectivity index (χ2n) is 4.47. The first-order valence-corrected chi connectivity index (χ1v) is 7.32. The first-order valence-electron chi connectivity index (χ1n) is 6.44. The molecule has 2 rings (SSSR count). The molecular formula is C14H15F3N2OS. The minimum absolute atomic E-state index is 0.140. The van der Waals surface area contributed by atoms with Crippen molar-refractivity contribution in [2.45, 2.75) is 19.1 Å². The SMILES string of the molecule is OCCCNCc1csc(-c2ccc(C(F)(F)F)cc2)n1. The molecule has 7 heteroatoms. The van der Waals surface area contributed by atoms with Crippen LogP contribution in [0.1, 0.15) is 17.7 Å². The van der Waals surface area contributed by atoms with E-state index in [9.17, 15) is 13.2 Å². The number of aliphatic hydroxyl groups excluding tert-OH is 1. The fourth-order valence-electron chi connectivity index (χ4n) is 1.74. The molecule has 2 N–H and O–H groups in total. The summed E-state index contributed by atoms with van der Waals surface area (Å²) in [6.07, 6.45) is -3.64. The Balaban J connectivity index is 2.00. The van der Waals surface area contributed by atoms with E-state index in [0.29, 0.717) is 30.1 Å². The number of halogens is 3. The van der Waals surface area contributed by atoms with Crippen LogP contribution in [0, 0.1) is 0 Å². The maximum Gasteiger partial charge on any atom is 0.416 e. The van der Waals surface area contributed by atoms with Crippen LogP contribution >= 0.6 is 11.3 Å². The van der Waals surface area contributed by atoms with E-state index >= 15 is 0 Å². The van der Waals surface area contributed by atoms with Crippen molar-refractivity contribution in [3.8, 4) is 10.6 Å². The Morgan fingerprint density at radius 1 is 1.19 bits per heavy atom. The van der Waals surface area contributed by atoms with E-state index < -0.39 is 11.7 Å². The zero-order valence-corrected chi connectivity index (χ0v) is 12.0. The molecule has 0 radical (unpaired) electrons. The van der Waals surface area contributed by atoms with Gasteiger partial charge in [-0.1, -0.05) is 12.1 Å². The summed E-state index contributed by atoms with van der Waals surface area (Å²) < 4.78 is 37.5. The fraction of sp³-hybridized carbons (Fsp3) is 0.357. The third-order valence-corrected chi connectivity index (χ3v) is 3.77. The van der Waals surface area contributed by atoms with Gasteiger partial charge in [-0.05, 0) is 25.1 Å². The topological polar surface area (TPSA) is 45.1 Å². The quantitative estimate of drug-likeness (QED) is 0.804. The lowest BCUT2D eigenvalue weighted by molar-refractivity contribution is -0.137. The minimum Gasteiger partial charge on any atom is -0.396 e. The second-order valence-corrected chi connectivity index (χ2v) is 5.33. The van der Waals surface area contributed by atoms with Crippen molar-refractivity contribution in [1.29, 1.82) is 0 Å². The standard InChI is InChI=1S/C14H15F3N2OS/c15-14(16,17)11-4-2-10(3-5-11)13-19-12(9-21-13)8-18-6-1-7-20/h2-5,9,18,20H,1,6-8H2. The largest absolute Gasteiger partial charge is 0.416 e. The molecule has 0 fully saturated rings. The number of rotatable bonds is 6. The molecule has 0 atom stereocenters. The van der Waals surface area contributed by atoms with E-state index in [1.54, 1.807) is 0 Å². The highest BCUT2D eigenvalue weighted by Crippen LogP contribution is 2.31. The van der Waals surface area contributed by atoms with E-state index in [-0.39, 0.29) is 6.61 Å². The number of alkyl halides is 3. The van der Waals surface area contributed by atoms with Crippen molar-refractivity contribution < 1.29 is 18.3 Å². The van der Waals surface area contributed by atoms with Crippen molar-refractivity contribution in [1.82, 2.24) is 10.3 Å². The number of benzene rings is 1. The zero-order valence-electron chi connectivity index (χ0n) is 11.2. The van der Waals surface area contributed by atoms with Gasteiger partial charge >= 0.3 is 6.18 Å². The van der Waals surface area contributed by atoms with Gasteiger partial charge in [0.2, 0.25) is 0 Å². The first-order chi connectivity index (χ1) is 10.0. The molecule has 1 heterocycles. The number of nitrogens with one attached hydrogen (secondary N) is 1. The molecular weight excluding hydrogens is 301 g/mol. The fourth-order valence-corrected chi connectivity index (χ4v) is 2.57. The van der Waals surface area contributed by atoms with Crippen LogP contribution in [0.15, 0.2) is 29.6 Å². The maximum atomic E-state index is 12.5. The summed E-state index contributed by atoms with van der Waals surface area (Å²) >= 11 is 1.40. The van der Waals surface area contributed by atoms with Crippen LogP contribution in [0.5, 0.6) is 0 Å². The number of hydrogen-bond donors (Lipinski definition) is 2. The molecule has 0 aliphatic carbocycles. The first kappa shape index (κ1) is 15.9. The maximum absolute atomic E-state index is 12.5. The van der Waals surface area contributed by atoms with Crippen LogP contribution in [0.3, 0.4) is 0 Å². The third kappa shape index (κ3) is 4.52. The van der Waals surface area contributed by atoms with Crippen molar-refractivity contribution in [2.75, 3.05) is 13.2 Å². The number of aliphatic hydroxyl groups is 1. The van der Waals surface area contributed by atoms with Gasteiger partial charge < -0.3 is 10.4 Å². The van der Waals surface area contributed by atoms with Crippen molar-refractivity contribution >= 4 is 11.3 Å². The van der Waals surface area contributed by atoms with Crippen molar-refractivity contribution in [2.24, 2.45) is 0 Å². The highest BCUT2D eigenvalue weighted by molar-refractivity contribution is 7.13. The van der Waals surface area contributed by atoms with E-state index in [0.717, 1.165) is 17.8 Å². The van der Waals surface area contributed by atoms with Crippen LogP contribution < -0.4 is 5.32 Å². The molecule has 114 valence electrons. The monoisotopic (exact) mass is 316 g/mol. The molecule has 0 unspecified atom stereocenters. The highest BCUT2D eigenvalue weighted by Gasteiger charge is 2.30. The molecule has 0 saturated carbocycles. The molecule has 1 aromatic carbocycles. The van der Waals surface area contributed by atoms with E-state index in [2.05, 4.69) is 10.3 Å². The Hall–Kier alpha value is -1.44. The Bertz CT molecular complexity index is 566. The van der Waals surface area contributed by atoms with Crippen LogP contribution in [-0.2, 0) is 12.7 Å². The molecule has 0 aliphatic heterocycles. The average Bonchev–Trinajstić information content (AvgIpc) is 2.92. The minimum atomic E-state index is -4.32. The zero-order chi connectivity index (χ0) is 15.3. The van der Waals surface area contributed by atoms with Gasteiger partial charge in [0, 0.05) is 24.1 Å². The van der Waals surface area contributed by atoms with Gasteiger partial charge in [0.25, 0.3) is 0 Å². The summed E-state index contributed by atoms with van der Waals surface area (Å²) in [5.41, 5.74) is 0.858. The molecule has 1 aromatic heterocycles. The third-order valence-electron chi connectivity index (χ3n) is 2.83. The van der Waals surface area contributed by atoms with Gasteiger partial charge in [0.05, 0.1) is 11.3 Å². The lowest BCUT2D eigenvalue weighted by atomic mass is 10.1. The summed E-state index contributed by atoms with van der Waals surface area (Å²) in [6.45, 7) is 1.42. The predicted molar refractivity (Wildman–Crippen MR) is 76.0 cm³/mol. The van der Waals surface area contributed by atoms with E-state index in [1.165, 1.54) is 23.5 Å². The molecule has 0 aliphatic rings. The smallest absolute Gasteiger partial charge is 0.396 e. The molecule has 21 heavy (non-hydrogen) atoms. The molecule has 3 nitrogen and oxygen atoms in total. The Labute approximate surface area is 124 Å². The number of hydrogen-bond acceptors (Lipinski definition) is 4. The van der Waals surface area contributed by atoms with Gasteiger partial charge in [-0.15, -0.1) is 11.3 Å². The normalized spacial score (nSPS) is 11.8. The average molecular weight is 316 g/mol. The van der Waals surface area contributed by atoms with Gasteiger partial charge in [0.1, 0.15) is 5.01 Å². The van der Waals surface area contributed by atoms with Gasteiger partial charge in [0.15, 0.2) is 0 Å². The van der Waals surface area contributed by atoms with Crippen LogP contribution in [0.2, 0.25) is 0 Å². The van der Waals surface area contributed by atoms with Gasteiger partial charge in [-0.2, -0.15) is 13.2 Å². The lowest BCUT2D eigenvalue weighted by Crippen LogP contribution is -2.15. The number of nitrogens with zero attached hydrogens (tertiary/aromatic N) is 1. The Kier molecular flexibility index (Phi) is 5.33. The predicted octanol–water partition coefficient (Wildman–Crippen LogP) is 3.30. The van der Waals surface area contributed by atoms with Crippen molar-refractivity contribution in [3.63, 3.8) is 0 Å². The molecule has 2 aromatic rings. The summed E-state index contributed by atoms with van der Waals surface area (Å²) in [6, 6.07) is 5.00. The van der Waals surface area contributed by atoms with E-state index in [4.69, 9.17) is 5.11 Å². The van der Waals surface area contributed by atoms with Gasteiger partial charge in [-0.25, -0.2) is 4.98 Å². The molecule has 0 bridgehead atoms. The van der Waals surface area contributed by atoms with Crippen LogP contribution in [0.4, 0.5) is 13.2 Å². The summed E-state index contributed by atoms with van der Waals surface area (Å²) in [4.78, 5) is 4.38. The molecule has 0 saturated heterocycles. The molecule has 0 amide bonds. The van der Waals surface area contributed by atoms with Gasteiger partial charge in [-0.3, -0.25) is 0 Å². The Morgan fingerprint density at radius 2 is 1.90 bits per heavy atom. The lowest BCUT2D eigenvalue weighted by Gasteiger charge is -2.06. The summed E-state index contributed by atoms with van der Waals surface area (Å²) in [5.74, 6) is 0. The van der Waals surface area contributed by atoms with Crippen molar-refractivity contribution in [3.05, 3.63) is 40.9 Å². The number of thiazole rings is 1. The Morgan fingerprint density at radius 3 is 2.52 bits per heavy atom. The highest BCUT2D eigenvalue weighted by atomic mass is 32.1. The van der Waals surface area contributed by atoms with E-state index in [1.807, 2.05) is 5.38 Å². The summed E-state index contributed by atoms with van der Waals surface area (Å²) in [5, 5.41) is 14.4. The second kappa shape index (κ2) is 7.02. The van der Waals surface area contributed by atoms with Crippen LogP contribution in [-0.4, -0.2) is 23.2 Å². The summed E-state index contributed by atoms with van der Waals surface area (Å²) in [7, 11) is 0.